The Morgan fingerprint density at radius 3 is 2.34 bits per heavy atom. The van der Waals surface area contributed by atoms with Crippen LogP contribution in [0.4, 0.5) is 5.69 Å². The van der Waals surface area contributed by atoms with Crippen molar-refractivity contribution in [2.45, 2.75) is 18.4 Å². The zero-order valence-electron chi connectivity index (χ0n) is 15.4. The molecule has 0 radical (unpaired) electrons. The molecular formula is C21H18Cl2N2O3S. The topological polar surface area (TPSA) is 75.3 Å². The van der Waals surface area contributed by atoms with E-state index in [1.807, 2.05) is 12.1 Å². The molecule has 0 spiro atoms. The normalized spacial score (nSPS) is 11.1. The van der Waals surface area contributed by atoms with Crippen molar-refractivity contribution in [2.75, 3.05) is 4.72 Å². The Morgan fingerprint density at radius 2 is 1.62 bits per heavy atom. The number of carbonyl (C=O) groups is 1. The van der Waals surface area contributed by atoms with Crippen LogP contribution in [0.15, 0.2) is 71.6 Å². The average Bonchev–Trinajstić information content (AvgIpc) is 2.69. The summed E-state index contributed by atoms with van der Waals surface area (Å²) >= 11 is 12.2. The molecule has 29 heavy (non-hydrogen) atoms. The fourth-order valence-corrected chi connectivity index (χ4v) is 4.52. The van der Waals surface area contributed by atoms with Crippen LogP contribution in [-0.4, -0.2) is 14.3 Å². The molecule has 0 fully saturated rings. The van der Waals surface area contributed by atoms with Gasteiger partial charge in [0.25, 0.3) is 15.9 Å². The van der Waals surface area contributed by atoms with Gasteiger partial charge in [0.2, 0.25) is 0 Å². The maximum atomic E-state index is 12.8. The fourth-order valence-electron chi connectivity index (χ4n) is 2.66. The Balaban J connectivity index is 1.83. The summed E-state index contributed by atoms with van der Waals surface area (Å²) in [5, 5.41) is 3.29. The van der Waals surface area contributed by atoms with E-state index < -0.39 is 15.9 Å². The molecule has 0 saturated carbocycles. The van der Waals surface area contributed by atoms with Crippen molar-refractivity contribution in [1.29, 1.82) is 0 Å². The minimum atomic E-state index is -3.98. The van der Waals surface area contributed by atoms with E-state index in [9.17, 15) is 13.2 Å². The predicted octanol–water partition coefficient (Wildman–Crippen LogP) is 5.03. The Morgan fingerprint density at radius 1 is 0.931 bits per heavy atom. The second kappa shape index (κ2) is 8.86. The third-order valence-corrected chi connectivity index (χ3v) is 6.49. The Labute approximate surface area is 179 Å². The highest BCUT2D eigenvalue weighted by atomic mass is 35.5. The van der Waals surface area contributed by atoms with Crippen LogP contribution in [0.25, 0.3) is 0 Å². The number of rotatable bonds is 6. The molecule has 0 aromatic heterocycles. The summed E-state index contributed by atoms with van der Waals surface area (Å²) < 4.78 is 28.2. The van der Waals surface area contributed by atoms with Crippen LogP contribution >= 0.6 is 23.2 Å². The minimum Gasteiger partial charge on any atom is -0.348 e. The van der Waals surface area contributed by atoms with Crippen molar-refractivity contribution < 1.29 is 13.2 Å². The average molecular weight is 449 g/mol. The van der Waals surface area contributed by atoms with Crippen molar-refractivity contribution >= 4 is 44.8 Å². The van der Waals surface area contributed by atoms with Gasteiger partial charge in [0.05, 0.1) is 10.7 Å². The van der Waals surface area contributed by atoms with E-state index in [2.05, 4.69) is 10.0 Å². The van der Waals surface area contributed by atoms with Gasteiger partial charge in [-0.05, 0) is 48.4 Å². The summed E-state index contributed by atoms with van der Waals surface area (Å²) in [6.07, 6.45) is 0. The van der Waals surface area contributed by atoms with Gasteiger partial charge in [-0.2, -0.15) is 0 Å². The number of aryl methyl sites for hydroxylation is 1. The summed E-state index contributed by atoms with van der Waals surface area (Å²) in [4.78, 5) is 12.3. The van der Waals surface area contributed by atoms with Crippen LogP contribution in [0.2, 0.25) is 10.0 Å². The zero-order chi connectivity index (χ0) is 21.0. The molecule has 150 valence electrons. The quantitative estimate of drug-likeness (QED) is 0.554. The first-order chi connectivity index (χ1) is 13.8. The number of anilines is 1. The van der Waals surface area contributed by atoms with Gasteiger partial charge in [0, 0.05) is 17.1 Å². The maximum absolute atomic E-state index is 12.8. The van der Waals surface area contributed by atoms with Crippen molar-refractivity contribution in [1.82, 2.24) is 5.32 Å². The number of halogens is 2. The number of hydrogen-bond acceptors (Lipinski definition) is 3. The molecule has 0 aliphatic rings. The van der Waals surface area contributed by atoms with Crippen LogP contribution in [0, 0.1) is 6.92 Å². The molecule has 0 heterocycles. The van der Waals surface area contributed by atoms with Crippen LogP contribution in [-0.2, 0) is 16.6 Å². The number of sulfonamides is 1. The first-order valence-corrected chi connectivity index (χ1v) is 10.9. The van der Waals surface area contributed by atoms with Crippen LogP contribution in [0.3, 0.4) is 0 Å². The van der Waals surface area contributed by atoms with Gasteiger partial charge in [0.1, 0.15) is 4.90 Å². The lowest BCUT2D eigenvalue weighted by Crippen LogP contribution is -2.23. The molecule has 3 aromatic rings. The monoisotopic (exact) mass is 448 g/mol. The van der Waals surface area contributed by atoms with E-state index in [1.54, 1.807) is 43.3 Å². The van der Waals surface area contributed by atoms with Crippen LogP contribution in [0.5, 0.6) is 0 Å². The molecule has 5 nitrogen and oxygen atoms in total. The van der Waals surface area contributed by atoms with Crippen molar-refractivity contribution in [3.05, 3.63) is 93.5 Å². The lowest BCUT2D eigenvalue weighted by Gasteiger charge is -2.13. The zero-order valence-corrected chi connectivity index (χ0v) is 17.8. The molecule has 1 amide bonds. The molecular weight excluding hydrogens is 431 g/mol. The summed E-state index contributed by atoms with van der Waals surface area (Å²) in [6, 6.07) is 18.2. The van der Waals surface area contributed by atoms with E-state index in [1.165, 1.54) is 18.2 Å². The standard InChI is InChI=1S/C21H18Cl2N2O3S/c1-14-6-2-5-9-19(14)25-29(27,28)20-12-15(10-11-18(20)23)21(26)24-13-16-7-3-4-8-17(16)22/h2-12,25H,13H2,1H3,(H,24,26). The van der Waals surface area contributed by atoms with E-state index in [0.717, 1.165) is 11.1 Å². The molecule has 0 bridgehead atoms. The van der Waals surface area contributed by atoms with Crippen LogP contribution in [0.1, 0.15) is 21.5 Å². The van der Waals surface area contributed by atoms with Crippen molar-refractivity contribution in [3.63, 3.8) is 0 Å². The van der Waals surface area contributed by atoms with Gasteiger partial charge in [-0.15, -0.1) is 0 Å². The molecule has 0 atom stereocenters. The fraction of sp³-hybridized carbons (Fsp3) is 0.0952. The molecule has 0 aliphatic carbocycles. The van der Waals surface area contributed by atoms with Gasteiger partial charge in [0.15, 0.2) is 0 Å². The summed E-state index contributed by atoms with van der Waals surface area (Å²) in [7, 11) is -3.98. The third kappa shape index (κ3) is 5.09. The predicted molar refractivity (Wildman–Crippen MR) is 116 cm³/mol. The molecule has 3 rings (SSSR count). The first kappa shape index (κ1) is 21.2. The lowest BCUT2D eigenvalue weighted by atomic mass is 10.2. The first-order valence-electron chi connectivity index (χ1n) is 8.67. The highest BCUT2D eigenvalue weighted by Crippen LogP contribution is 2.26. The third-order valence-electron chi connectivity index (χ3n) is 4.27. The molecule has 3 aromatic carbocycles. The largest absolute Gasteiger partial charge is 0.348 e. The lowest BCUT2D eigenvalue weighted by molar-refractivity contribution is 0.0950. The number of hydrogen-bond donors (Lipinski definition) is 2. The molecule has 0 saturated heterocycles. The number of nitrogens with one attached hydrogen (secondary N) is 2. The van der Waals surface area contributed by atoms with Gasteiger partial charge in [-0.1, -0.05) is 59.6 Å². The number of para-hydroxylation sites is 1. The number of benzene rings is 3. The highest BCUT2D eigenvalue weighted by molar-refractivity contribution is 7.92. The van der Waals surface area contributed by atoms with E-state index in [4.69, 9.17) is 23.2 Å². The van der Waals surface area contributed by atoms with E-state index in [-0.39, 0.29) is 22.0 Å². The Kier molecular flexibility index (Phi) is 6.47. The number of carbonyl (C=O) groups excluding carboxylic acids is 1. The van der Waals surface area contributed by atoms with E-state index in [0.29, 0.717) is 10.7 Å². The van der Waals surface area contributed by atoms with Crippen LogP contribution < -0.4 is 10.0 Å². The van der Waals surface area contributed by atoms with Crippen molar-refractivity contribution in [2.24, 2.45) is 0 Å². The summed E-state index contributed by atoms with van der Waals surface area (Å²) in [5.74, 6) is -0.436. The molecule has 2 N–H and O–H groups in total. The second-order valence-corrected chi connectivity index (χ2v) is 8.80. The number of amides is 1. The Hall–Kier alpha value is -2.54. The van der Waals surface area contributed by atoms with Gasteiger partial charge in [-0.3, -0.25) is 9.52 Å². The highest BCUT2D eigenvalue weighted by Gasteiger charge is 2.21. The van der Waals surface area contributed by atoms with E-state index >= 15 is 0 Å². The maximum Gasteiger partial charge on any atom is 0.263 e. The smallest absolute Gasteiger partial charge is 0.263 e. The molecule has 0 aliphatic heterocycles. The Bertz CT molecular complexity index is 1160. The summed E-state index contributed by atoms with van der Waals surface area (Å²) in [6.45, 7) is 2.00. The van der Waals surface area contributed by atoms with Crippen molar-refractivity contribution in [3.8, 4) is 0 Å². The molecule has 8 heteroatoms. The summed E-state index contributed by atoms with van der Waals surface area (Å²) in [5.41, 5.74) is 2.13. The SMILES string of the molecule is Cc1ccccc1NS(=O)(=O)c1cc(C(=O)NCc2ccccc2Cl)ccc1Cl. The van der Waals surface area contributed by atoms with Gasteiger partial charge >= 0.3 is 0 Å². The molecule has 0 unspecified atom stereocenters. The minimum absolute atomic E-state index is 0.0220. The van der Waals surface area contributed by atoms with Gasteiger partial charge in [-0.25, -0.2) is 8.42 Å². The second-order valence-electron chi connectivity index (χ2n) is 6.34. The van der Waals surface area contributed by atoms with Gasteiger partial charge < -0.3 is 5.32 Å².